The van der Waals surface area contributed by atoms with Crippen LogP contribution in [-0.4, -0.2) is 37.6 Å². The molecule has 1 amide bonds. The number of hydrogen-bond donors (Lipinski definition) is 3. The number of carbonyl (C=O) groups is 1. The number of nitrogens with two attached hydrogens (primary N) is 1. The second-order valence-electron chi connectivity index (χ2n) is 7.91. The van der Waals surface area contributed by atoms with E-state index in [1.54, 1.807) is 0 Å². The largest absolute Gasteiger partial charge is 0.484 e. The van der Waals surface area contributed by atoms with Gasteiger partial charge in [-0.3, -0.25) is 9.79 Å². The summed E-state index contributed by atoms with van der Waals surface area (Å²) in [6.07, 6.45) is 5.91. The molecule has 156 valence electrons. The molecule has 4 N–H and O–H groups in total. The Morgan fingerprint density at radius 3 is 2.46 bits per heavy atom. The lowest BCUT2D eigenvalue weighted by Gasteiger charge is -2.32. The van der Waals surface area contributed by atoms with E-state index >= 15 is 0 Å². The maximum atomic E-state index is 10.8. The number of aliphatic imine (C=N–C) groups is 1. The maximum absolute atomic E-state index is 10.8. The average Bonchev–Trinajstić information content (AvgIpc) is 2.68. The zero-order valence-corrected chi connectivity index (χ0v) is 17.5. The molecule has 1 saturated carbocycles. The van der Waals surface area contributed by atoms with Gasteiger partial charge in [-0.15, -0.1) is 0 Å². The van der Waals surface area contributed by atoms with E-state index < -0.39 is 5.91 Å². The molecule has 1 aromatic rings. The quantitative estimate of drug-likeness (QED) is 0.448. The van der Waals surface area contributed by atoms with Crippen LogP contribution in [-0.2, 0) is 11.2 Å². The molecule has 0 heterocycles. The van der Waals surface area contributed by atoms with Gasteiger partial charge in [0.05, 0.1) is 0 Å². The molecule has 0 atom stereocenters. The Kier molecular flexibility index (Phi) is 9.11. The highest BCUT2D eigenvalue weighted by molar-refractivity contribution is 5.80. The van der Waals surface area contributed by atoms with Crippen molar-refractivity contribution in [3.05, 3.63) is 29.8 Å². The van der Waals surface area contributed by atoms with E-state index in [1.807, 2.05) is 24.3 Å². The fourth-order valence-electron chi connectivity index (χ4n) is 3.65. The number of hydrogen-bond acceptors (Lipinski definition) is 3. The monoisotopic (exact) mass is 388 g/mol. The van der Waals surface area contributed by atoms with E-state index in [-0.39, 0.29) is 6.61 Å². The first-order valence-electron chi connectivity index (χ1n) is 10.5. The zero-order chi connectivity index (χ0) is 20.4. The van der Waals surface area contributed by atoms with Gasteiger partial charge in [-0.05, 0) is 68.6 Å². The van der Waals surface area contributed by atoms with Crippen LogP contribution in [0, 0.1) is 11.8 Å². The number of primary amides is 1. The smallest absolute Gasteiger partial charge is 0.255 e. The third-order valence-corrected chi connectivity index (χ3v) is 5.37. The number of ether oxygens (including phenoxy) is 1. The Morgan fingerprint density at radius 2 is 1.89 bits per heavy atom. The topological polar surface area (TPSA) is 88.7 Å². The Hall–Kier alpha value is -2.24. The predicted octanol–water partition coefficient (Wildman–Crippen LogP) is 2.86. The molecule has 0 aromatic heterocycles. The van der Waals surface area contributed by atoms with E-state index in [1.165, 1.54) is 31.2 Å². The molecular weight excluding hydrogens is 352 g/mol. The average molecular weight is 389 g/mol. The van der Waals surface area contributed by atoms with Gasteiger partial charge < -0.3 is 21.1 Å². The van der Waals surface area contributed by atoms with Crippen LogP contribution in [0.3, 0.4) is 0 Å². The summed E-state index contributed by atoms with van der Waals surface area (Å²) in [6, 6.07) is 8.24. The summed E-state index contributed by atoms with van der Waals surface area (Å²) in [5.74, 6) is 2.75. The summed E-state index contributed by atoms with van der Waals surface area (Å²) in [6.45, 7) is 8.25. The second-order valence-corrected chi connectivity index (χ2v) is 7.91. The minimum atomic E-state index is -0.473. The second kappa shape index (κ2) is 11.6. The fourth-order valence-corrected chi connectivity index (χ4v) is 3.65. The maximum Gasteiger partial charge on any atom is 0.255 e. The van der Waals surface area contributed by atoms with Crippen LogP contribution in [0.4, 0.5) is 0 Å². The molecule has 1 aliphatic rings. The number of nitrogens with one attached hydrogen (secondary N) is 2. The Bertz CT molecular complexity index is 620. The molecule has 0 aliphatic heterocycles. The third kappa shape index (κ3) is 7.79. The number of carbonyl (C=O) groups excluding carboxylic acids is 1. The number of rotatable bonds is 9. The van der Waals surface area contributed by atoms with Crippen molar-refractivity contribution in [3.63, 3.8) is 0 Å². The lowest BCUT2D eigenvalue weighted by atomic mass is 9.80. The molecule has 0 unspecified atom stereocenters. The third-order valence-electron chi connectivity index (χ3n) is 5.37. The lowest BCUT2D eigenvalue weighted by Crippen LogP contribution is -2.45. The molecule has 0 saturated heterocycles. The molecule has 2 rings (SSSR count). The van der Waals surface area contributed by atoms with Gasteiger partial charge in [0, 0.05) is 19.1 Å². The molecule has 0 radical (unpaired) electrons. The molecule has 28 heavy (non-hydrogen) atoms. The first kappa shape index (κ1) is 22.1. The number of benzene rings is 1. The standard InChI is InChI=1S/C22H36N4O2/c1-4-24-22(26-19-9-7-18(8-10-19)16(2)3)25-14-13-17-5-11-20(12-6-17)28-15-21(23)27/h5-6,11-12,16,18-19H,4,7-10,13-15H2,1-3H3,(H2,23,27)(H2,24,25,26). The van der Waals surface area contributed by atoms with E-state index in [2.05, 4.69) is 31.4 Å². The normalized spacial score (nSPS) is 20.1. The Morgan fingerprint density at radius 1 is 1.21 bits per heavy atom. The molecule has 0 bridgehead atoms. The molecule has 6 nitrogen and oxygen atoms in total. The molecule has 6 heteroatoms. The Labute approximate surface area is 169 Å². The number of guanidine groups is 1. The fraction of sp³-hybridized carbons (Fsp3) is 0.636. The van der Waals surface area contributed by atoms with Gasteiger partial charge in [0.25, 0.3) is 5.91 Å². The number of amides is 1. The van der Waals surface area contributed by atoms with E-state index in [0.29, 0.717) is 11.8 Å². The van der Waals surface area contributed by atoms with Crippen molar-refractivity contribution in [2.45, 2.75) is 58.9 Å². The van der Waals surface area contributed by atoms with Crippen molar-refractivity contribution in [1.29, 1.82) is 0 Å². The highest BCUT2D eigenvalue weighted by Gasteiger charge is 2.23. The summed E-state index contributed by atoms with van der Waals surface area (Å²) in [5.41, 5.74) is 6.27. The molecule has 1 aromatic carbocycles. The highest BCUT2D eigenvalue weighted by Crippen LogP contribution is 2.29. The van der Waals surface area contributed by atoms with Crippen molar-refractivity contribution in [1.82, 2.24) is 10.6 Å². The van der Waals surface area contributed by atoms with Crippen molar-refractivity contribution in [2.75, 3.05) is 19.7 Å². The van der Waals surface area contributed by atoms with Crippen molar-refractivity contribution in [2.24, 2.45) is 22.6 Å². The van der Waals surface area contributed by atoms with Gasteiger partial charge in [-0.25, -0.2) is 0 Å². The van der Waals surface area contributed by atoms with Crippen molar-refractivity contribution in [3.8, 4) is 5.75 Å². The van der Waals surface area contributed by atoms with Crippen molar-refractivity contribution < 1.29 is 9.53 Å². The van der Waals surface area contributed by atoms with Crippen LogP contribution in [0.2, 0.25) is 0 Å². The van der Waals surface area contributed by atoms with Crippen LogP contribution < -0.4 is 21.1 Å². The molecular formula is C22H36N4O2. The van der Waals surface area contributed by atoms with Crippen LogP contribution >= 0.6 is 0 Å². The van der Waals surface area contributed by atoms with E-state index in [9.17, 15) is 4.79 Å². The highest BCUT2D eigenvalue weighted by atomic mass is 16.5. The van der Waals surface area contributed by atoms with Gasteiger partial charge in [0.1, 0.15) is 5.75 Å². The lowest BCUT2D eigenvalue weighted by molar-refractivity contribution is -0.119. The van der Waals surface area contributed by atoms with Crippen LogP contribution in [0.5, 0.6) is 5.75 Å². The molecule has 0 spiro atoms. The molecule has 1 fully saturated rings. The van der Waals surface area contributed by atoms with E-state index in [0.717, 1.165) is 37.3 Å². The SMILES string of the molecule is CCNC(=NCCc1ccc(OCC(N)=O)cc1)NC1CCC(C(C)C)CC1. The van der Waals surface area contributed by atoms with Gasteiger partial charge in [-0.2, -0.15) is 0 Å². The van der Waals surface area contributed by atoms with Gasteiger partial charge in [0.2, 0.25) is 0 Å². The first-order valence-corrected chi connectivity index (χ1v) is 10.5. The molecule has 1 aliphatic carbocycles. The summed E-state index contributed by atoms with van der Waals surface area (Å²) >= 11 is 0. The van der Waals surface area contributed by atoms with Gasteiger partial charge in [-0.1, -0.05) is 26.0 Å². The first-order chi connectivity index (χ1) is 13.5. The van der Waals surface area contributed by atoms with Crippen LogP contribution in [0.25, 0.3) is 0 Å². The van der Waals surface area contributed by atoms with Gasteiger partial charge >= 0.3 is 0 Å². The van der Waals surface area contributed by atoms with Crippen LogP contribution in [0.15, 0.2) is 29.3 Å². The number of nitrogens with zero attached hydrogens (tertiary/aromatic N) is 1. The summed E-state index contributed by atoms with van der Waals surface area (Å²) < 4.78 is 5.28. The summed E-state index contributed by atoms with van der Waals surface area (Å²) in [4.78, 5) is 15.5. The van der Waals surface area contributed by atoms with Crippen molar-refractivity contribution >= 4 is 11.9 Å². The Balaban J connectivity index is 1.79. The minimum absolute atomic E-state index is 0.0968. The van der Waals surface area contributed by atoms with Crippen LogP contribution in [0.1, 0.15) is 52.0 Å². The minimum Gasteiger partial charge on any atom is -0.484 e. The zero-order valence-electron chi connectivity index (χ0n) is 17.5. The summed E-state index contributed by atoms with van der Waals surface area (Å²) in [7, 11) is 0. The van der Waals surface area contributed by atoms with Gasteiger partial charge in [0.15, 0.2) is 12.6 Å². The predicted molar refractivity (Wildman–Crippen MR) is 115 cm³/mol. The van der Waals surface area contributed by atoms with E-state index in [4.69, 9.17) is 15.5 Å². The summed E-state index contributed by atoms with van der Waals surface area (Å²) in [5, 5.41) is 6.98.